The summed E-state index contributed by atoms with van der Waals surface area (Å²) >= 11 is 0. The van der Waals surface area contributed by atoms with Crippen molar-refractivity contribution in [2.75, 3.05) is 0 Å². The molecule has 0 amide bonds. The van der Waals surface area contributed by atoms with Crippen molar-refractivity contribution in [3.05, 3.63) is 36.0 Å². The van der Waals surface area contributed by atoms with Crippen LogP contribution in [0.15, 0.2) is 24.4 Å². The van der Waals surface area contributed by atoms with Crippen LogP contribution in [0.4, 0.5) is 0 Å². The van der Waals surface area contributed by atoms with Crippen molar-refractivity contribution in [3.63, 3.8) is 0 Å². The molecule has 59 valence electrons. The number of fused-ring (bicyclic) bond motifs is 1. The minimum atomic E-state index is -0.920. The van der Waals surface area contributed by atoms with E-state index in [0.717, 1.165) is 5.39 Å². The van der Waals surface area contributed by atoms with E-state index in [1.807, 2.05) is 6.07 Å². The largest absolute Gasteiger partial charge is 0.478 e. The molecule has 1 radical (unpaired) electrons. The molecule has 0 unspecified atom stereocenters. The van der Waals surface area contributed by atoms with Crippen molar-refractivity contribution in [1.29, 1.82) is 0 Å². The molecule has 12 heavy (non-hydrogen) atoms. The van der Waals surface area contributed by atoms with Crippen molar-refractivity contribution in [2.45, 2.75) is 0 Å². The summed E-state index contributed by atoms with van der Waals surface area (Å²) in [6.07, 6.45) is 1.61. The summed E-state index contributed by atoms with van der Waals surface area (Å²) in [7, 11) is 0. The number of rotatable bonds is 1. The number of hydrogen-bond acceptors (Lipinski definition) is 1. The van der Waals surface area contributed by atoms with Gasteiger partial charge >= 0.3 is 5.97 Å². The average Bonchev–Trinajstić information content (AvgIpc) is 2.49. The van der Waals surface area contributed by atoms with E-state index < -0.39 is 5.97 Å². The van der Waals surface area contributed by atoms with Gasteiger partial charge in [-0.15, -0.1) is 0 Å². The molecule has 3 heteroatoms. The minimum absolute atomic E-state index is 0.286. The van der Waals surface area contributed by atoms with E-state index in [1.54, 1.807) is 18.3 Å². The van der Waals surface area contributed by atoms with Crippen LogP contribution >= 0.6 is 0 Å². The van der Waals surface area contributed by atoms with Crippen molar-refractivity contribution in [1.82, 2.24) is 4.98 Å². The molecule has 3 nitrogen and oxygen atoms in total. The first-order valence-corrected chi connectivity index (χ1v) is 3.50. The first-order chi connectivity index (χ1) is 5.79. The number of carboxylic acids is 1. The maximum Gasteiger partial charge on any atom is 0.337 e. The van der Waals surface area contributed by atoms with Crippen molar-refractivity contribution >= 4 is 16.9 Å². The Balaban J connectivity index is 2.82. The number of carboxylic acid groups (broad SMARTS) is 1. The Morgan fingerprint density at radius 3 is 3.08 bits per heavy atom. The molecule has 0 spiro atoms. The highest BCUT2D eigenvalue weighted by atomic mass is 16.4. The van der Waals surface area contributed by atoms with Gasteiger partial charge in [0.2, 0.25) is 0 Å². The van der Waals surface area contributed by atoms with E-state index in [2.05, 4.69) is 11.1 Å². The number of carbonyl (C=O) groups is 1. The highest BCUT2D eigenvalue weighted by molar-refractivity contribution is 6.01. The lowest BCUT2D eigenvalue weighted by Gasteiger charge is -1.94. The van der Waals surface area contributed by atoms with E-state index in [4.69, 9.17) is 5.11 Å². The predicted molar refractivity (Wildman–Crippen MR) is 44.1 cm³/mol. The van der Waals surface area contributed by atoms with Crippen LogP contribution in [0.3, 0.4) is 0 Å². The number of aromatic amines is 1. The monoisotopic (exact) mass is 160 g/mol. The average molecular weight is 160 g/mol. The Labute approximate surface area is 68.6 Å². The highest BCUT2D eigenvalue weighted by Gasteiger charge is 2.07. The Bertz CT molecular complexity index is 431. The normalized spacial score (nSPS) is 10.3. The summed E-state index contributed by atoms with van der Waals surface area (Å²) < 4.78 is 0. The van der Waals surface area contributed by atoms with Crippen LogP contribution in [-0.4, -0.2) is 16.1 Å². The van der Waals surface area contributed by atoms with Crippen LogP contribution < -0.4 is 0 Å². The quantitative estimate of drug-likeness (QED) is 0.666. The minimum Gasteiger partial charge on any atom is -0.478 e. The van der Waals surface area contributed by atoms with Crippen molar-refractivity contribution < 1.29 is 9.90 Å². The summed E-state index contributed by atoms with van der Waals surface area (Å²) in [5.41, 5.74) is 0.916. The molecule has 1 aromatic carbocycles. The molecule has 0 aliphatic carbocycles. The molecule has 2 aromatic rings. The Morgan fingerprint density at radius 2 is 2.33 bits per heavy atom. The number of H-pyrrole nitrogens is 1. The topological polar surface area (TPSA) is 53.1 Å². The van der Waals surface area contributed by atoms with Gasteiger partial charge in [0.05, 0.1) is 11.1 Å². The maximum absolute atomic E-state index is 10.7. The summed E-state index contributed by atoms with van der Waals surface area (Å²) in [5.74, 6) is -0.920. The second kappa shape index (κ2) is 2.37. The van der Waals surface area contributed by atoms with Crippen molar-refractivity contribution in [2.24, 2.45) is 0 Å². The summed E-state index contributed by atoms with van der Waals surface area (Å²) in [5, 5.41) is 9.57. The van der Waals surface area contributed by atoms with E-state index in [-0.39, 0.29) is 5.56 Å². The number of nitrogens with one attached hydrogen (secondary N) is 1. The van der Waals surface area contributed by atoms with E-state index in [1.165, 1.54) is 0 Å². The summed E-state index contributed by atoms with van der Waals surface area (Å²) in [6, 6.07) is 7.98. The molecule has 0 aliphatic heterocycles. The van der Waals surface area contributed by atoms with Gasteiger partial charge in [-0.25, -0.2) is 4.79 Å². The number of aromatic carboxylic acids is 1. The second-order valence-electron chi connectivity index (χ2n) is 2.47. The van der Waals surface area contributed by atoms with E-state index in [0.29, 0.717) is 5.52 Å². The molecule has 0 aliphatic rings. The van der Waals surface area contributed by atoms with Crippen LogP contribution in [0.5, 0.6) is 0 Å². The molecular formula is C9H6NO2. The van der Waals surface area contributed by atoms with Crippen LogP contribution in [0.1, 0.15) is 10.4 Å². The van der Waals surface area contributed by atoms with Gasteiger partial charge < -0.3 is 10.1 Å². The zero-order chi connectivity index (χ0) is 8.55. The Kier molecular flexibility index (Phi) is 1.37. The van der Waals surface area contributed by atoms with Gasteiger partial charge in [-0.1, -0.05) is 12.1 Å². The molecule has 1 aromatic heterocycles. The lowest BCUT2D eigenvalue weighted by molar-refractivity contribution is 0.0699. The number of hydrogen-bond donors (Lipinski definition) is 2. The fraction of sp³-hybridized carbons (Fsp3) is 0. The van der Waals surface area contributed by atoms with E-state index >= 15 is 0 Å². The van der Waals surface area contributed by atoms with E-state index in [9.17, 15) is 4.79 Å². The third-order valence-electron chi connectivity index (χ3n) is 1.74. The molecule has 1 heterocycles. The lowest BCUT2D eigenvalue weighted by atomic mass is 10.1. The predicted octanol–water partition coefficient (Wildman–Crippen LogP) is 1.67. The number of aromatic nitrogens is 1. The van der Waals surface area contributed by atoms with Gasteiger partial charge in [0.15, 0.2) is 0 Å². The zero-order valence-corrected chi connectivity index (χ0v) is 6.16. The van der Waals surface area contributed by atoms with Gasteiger partial charge in [0.1, 0.15) is 0 Å². The molecule has 0 atom stereocenters. The molecule has 0 bridgehead atoms. The van der Waals surface area contributed by atoms with Crippen LogP contribution in [0.2, 0.25) is 0 Å². The van der Waals surface area contributed by atoms with Crippen LogP contribution in [0.25, 0.3) is 10.9 Å². The number of para-hydroxylation sites is 1. The molecule has 0 saturated heterocycles. The third-order valence-corrected chi connectivity index (χ3v) is 1.74. The molecule has 2 N–H and O–H groups in total. The third kappa shape index (κ3) is 0.871. The first-order valence-electron chi connectivity index (χ1n) is 3.50. The zero-order valence-electron chi connectivity index (χ0n) is 6.16. The van der Waals surface area contributed by atoms with Gasteiger partial charge in [0.25, 0.3) is 0 Å². The molecule has 0 fully saturated rings. The van der Waals surface area contributed by atoms with Crippen LogP contribution in [-0.2, 0) is 0 Å². The Hall–Kier alpha value is -1.77. The molecule has 2 rings (SSSR count). The van der Waals surface area contributed by atoms with Gasteiger partial charge in [-0.05, 0) is 6.07 Å². The van der Waals surface area contributed by atoms with Gasteiger partial charge in [0, 0.05) is 17.6 Å². The standard InChI is InChI=1S/C9H6NO2/c11-9(12)7-3-1-2-6-4-5-10-8(6)7/h1-3,5,10H,(H,11,12). The molecule has 0 saturated carbocycles. The second-order valence-corrected chi connectivity index (χ2v) is 2.47. The Morgan fingerprint density at radius 1 is 1.50 bits per heavy atom. The summed E-state index contributed by atoms with van der Waals surface area (Å²) in [6.45, 7) is 0. The SMILES string of the molecule is O=C(O)c1cccc2[c]c[nH]c12. The fourth-order valence-corrected chi connectivity index (χ4v) is 1.19. The lowest BCUT2D eigenvalue weighted by Crippen LogP contribution is -1.96. The van der Waals surface area contributed by atoms with Gasteiger partial charge in [-0.2, -0.15) is 0 Å². The maximum atomic E-state index is 10.7. The first kappa shape index (κ1) is 6.91. The summed E-state index contributed by atoms with van der Waals surface area (Å²) in [4.78, 5) is 13.5. The highest BCUT2D eigenvalue weighted by Crippen LogP contribution is 2.15. The number of benzene rings is 1. The van der Waals surface area contributed by atoms with Crippen molar-refractivity contribution in [3.8, 4) is 0 Å². The smallest absolute Gasteiger partial charge is 0.337 e. The fourth-order valence-electron chi connectivity index (χ4n) is 1.19. The van der Waals surface area contributed by atoms with Crippen LogP contribution in [0, 0.1) is 6.07 Å². The molecular weight excluding hydrogens is 154 g/mol. The van der Waals surface area contributed by atoms with Gasteiger partial charge in [-0.3, -0.25) is 0 Å².